The fourth-order valence-corrected chi connectivity index (χ4v) is 1.67. The lowest BCUT2D eigenvalue weighted by Crippen LogP contribution is -2.32. The first-order valence-corrected chi connectivity index (χ1v) is 5.32. The Morgan fingerprint density at radius 1 is 1.64 bits per heavy atom. The predicted molar refractivity (Wildman–Crippen MR) is 55.1 cm³/mol. The Kier molecular flexibility index (Phi) is 5.56. The van der Waals surface area contributed by atoms with Crippen LogP contribution in [0.15, 0.2) is 0 Å². The number of amides is 1. The van der Waals surface area contributed by atoms with E-state index in [1.54, 1.807) is 7.11 Å². The van der Waals surface area contributed by atoms with Gasteiger partial charge in [-0.05, 0) is 25.8 Å². The van der Waals surface area contributed by atoms with Gasteiger partial charge in [0.15, 0.2) is 0 Å². The van der Waals surface area contributed by atoms with Crippen molar-refractivity contribution in [3.05, 3.63) is 0 Å². The van der Waals surface area contributed by atoms with E-state index in [-0.39, 0.29) is 5.91 Å². The van der Waals surface area contributed by atoms with E-state index >= 15 is 0 Å². The van der Waals surface area contributed by atoms with Gasteiger partial charge in [0.05, 0.1) is 0 Å². The van der Waals surface area contributed by atoms with Gasteiger partial charge in [-0.1, -0.05) is 0 Å². The summed E-state index contributed by atoms with van der Waals surface area (Å²) in [5.74, 6) is 0.153. The zero-order valence-electron chi connectivity index (χ0n) is 8.84. The van der Waals surface area contributed by atoms with Crippen LogP contribution in [0.25, 0.3) is 0 Å². The third-order valence-corrected chi connectivity index (χ3v) is 2.44. The summed E-state index contributed by atoms with van der Waals surface area (Å²) in [6, 6.07) is 0.400. The Labute approximate surface area is 85.4 Å². The number of carbonyl (C=O) groups excluding carboxylic acids is 1. The normalized spacial score (nSPS) is 21.1. The Morgan fingerprint density at radius 2 is 2.50 bits per heavy atom. The van der Waals surface area contributed by atoms with Crippen LogP contribution < -0.4 is 10.6 Å². The van der Waals surface area contributed by atoms with Gasteiger partial charge in [-0.25, -0.2) is 0 Å². The Balaban J connectivity index is 1.98. The van der Waals surface area contributed by atoms with Crippen LogP contribution in [-0.2, 0) is 9.53 Å². The van der Waals surface area contributed by atoms with Crippen LogP contribution in [0.5, 0.6) is 0 Å². The minimum absolute atomic E-state index is 0.153. The highest BCUT2D eigenvalue weighted by Crippen LogP contribution is 2.07. The lowest BCUT2D eigenvalue weighted by molar-refractivity contribution is -0.121. The Morgan fingerprint density at radius 3 is 3.14 bits per heavy atom. The Bertz CT molecular complexity index is 168. The minimum atomic E-state index is 0.153. The van der Waals surface area contributed by atoms with Crippen LogP contribution in [0.3, 0.4) is 0 Å². The predicted octanol–water partition coefficient (Wildman–Crippen LogP) is 0.281. The molecule has 1 atom stereocenters. The van der Waals surface area contributed by atoms with Crippen molar-refractivity contribution in [2.24, 2.45) is 0 Å². The van der Waals surface area contributed by atoms with Crippen LogP contribution in [0.4, 0.5) is 0 Å². The fraction of sp³-hybridized carbons (Fsp3) is 0.900. The van der Waals surface area contributed by atoms with Crippen molar-refractivity contribution < 1.29 is 9.53 Å². The van der Waals surface area contributed by atoms with Gasteiger partial charge >= 0.3 is 0 Å². The average molecular weight is 200 g/mol. The molecule has 0 bridgehead atoms. The van der Waals surface area contributed by atoms with Crippen molar-refractivity contribution in [2.75, 3.05) is 26.8 Å². The molecule has 1 rings (SSSR count). The van der Waals surface area contributed by atoms with Gasteiger partial charge in [-0.2, -0.15) is 0 Å². The first kappa shape index (κ1) is 11.5. The van der Waals surface area contributed by atoms with Crippen molar-refractivity contribution in [1.29, 1.82) is 0 Å². The topological polar surface area (TPSA) is 50.4 Å². The fourth-order valence-electron chi connectivity index (χ4n) is 1.67. The molecule has 0 spiro atoms. The first-order valence-electron chi connectivity index (χ1n) is 5.32. The van der Waals surface area contributed by atoms with Gasteiger partial charge in [-0.3, -0.25) is 4.79 Å². The summed E-state index contributed by atoms with van der Waals surface area (Å²) < 4.78 is 4.89. The number of hydrogen-bond acceptors (Lipinski definition) is 3. The van der Waals surface area contributed by atoms with Gasteiger partial charge in [0.1, 0.15) is 0 Å². The van der Waals surface area contributed by atoms with E-state index in [0.29, 0.717) is 19.1 Å². The maximum Gasteiger partial charge on any atom is 0.221 e. The van der Waals surface area contributed by atoms with E-state index in [0.717, 1.165) is 25.9 Å². The third kappa shape index (κ3) is 4.58. The molecule has 14 heavy (non-hydrogen) atoms. The van der Waals surface area contributed by atoms with Crippen LogP contribution in [0.2, 0.25) is 0 Å². The quantitative estimate of drug-likeness (QED) is 0.606. The van der Waals surface area contributed by atoms with Gasteiger partial charge in [-0.15, -0.1) is 0 Å². The van der Waals surface area contributed by atoms with E-state index in [1.807, 2.05) is 0 Å². The van der Waals surface area contributed by atoms with E-state index in [9.17, 15) is 4.79 Å². The smallest absolute Gasteiger partial charge is 0.221 e. The summed E-state index contributed by atoms with van der Waals surface area (Å²) in [6.45, 7) is 2.49. The van der Waals surface area contributed by atoms with Crippen LogP contribution in [0.1, 0.15) is 25.7 Å². The highest BCUT2D eigenvalue weighted by Gasteiger charge is 2.16. The van der Waals surface area contributed by atoms with Gasteiger partial charge < -0.3 is 15.4 Å². The van der Waals surface area contributed by atoms with Crippen molar-refractivity contribution in [3.63, 3.8) is 0 Å². The number of methoxy groups -OCH3 is 1. The molecule has 0 aliphatic carbocycles. The summed E-state index contributed by atoms with van der Waals surface area (Å²) in [4.78, 5) is 11.4. The standard InChI is InChI=1S/C10H20N2O2/c1-14-7-3-6-12-10(13)8-9-4-2-5-11-9/h9,11H,2-8H2,1H3,(H,12,13). The van der Waals surface area contributed by atoms with E-state index in [1.165, 1.54) is 6.42 Å². The maximum atomic E-state index is 11.4. The van der Waals surface area contributed by atoms with Crippen molar-refractivity contribution in [1.82, 2.24) is 10.6 Å². The van der Waals surface area contributed by atoms with Crippen LogP contribution >= 0.6 is 0 Å². The number of ether oxygens (including phenoxy) is 1. The number of carbonyl (C=O) groups is 1. The largest absolute Gasteiger partial charge is 0.385 e. The maximum absolute atomic E-state index is 11.4. The minimum Gasteiger partial charge on any atom is -0.385 e. The molecule has 1 saturated heterocycles. The second kappa shape index (κ2) is 6.79. The molecule has 0 saturated carbocycles. The molecule has 0 radical (unpaired) electrons. The molecule has 0 aromatic heterocycles. The monoisotopic (exact) mass is 200 g/mol. The number of hydrogen-bond donors (Lipinski definition) is 2. The zero-order valence-corrected chi connectivity index (χ0v) is 8.84. The van der Waals surface area contributed by atoms with E-state index < -0.39 is 0 Å². The summed E-state index contributed by atoms with van der Waals surface area (Å²) in [6.07, 6.45) is 3.83. The second-order valence-electron chi connectivity index (χ2n) is 3.69. The van der Waals surface area contributed by atoms with E-state index in [2.05, 4.69) is 10.6 Å². The summed E-state index contributed by atoms with van der Waals surface area (Å²) in [5, 5.41) is 6.19. The molecular weight excluding hydrogens is 180 g/mol. The molecule has 1 fully saturated rings. The van der Waals surface area contributed by atoms with Crippen molar-refractivity contribution in [3.8, 4) is 0 Å². The molecule has 1 aliphatic rings. The summed E-state index contributed by atoms with van der Waals surface area (Å²) in [7, 11) is 1.67. The lowest BCUT2D eigenvalue weighted by atomic mass is 10.1. The van der Waals surface area contributed by atoms with Crippen LogP contribution in [0, 0.1) is 0 Å². The Hall–Kier alpha value is -0.610. The summed E-state index contributed by atoms with van der Waals surface area (Å²) in [5.41, 5.74) is 0. The number of nitrogens with one attached hydrogen (secondary N) is 2. The molecular formula is C10H20N2O2. The zero-order chi connectivity index (χ0) is 10.2. The van der Waals surface area contributed by atoms with Gasteiger partial charge in [0.2, 0.25) is 5.91 Å². The molecule has 0 aromatic rings. The molecule has 1 unspecified atom stereocenters. The molecule has 0 aromatic carbocycles. The molecule has 1 amide bonds. The lowest BCUT2D eigenvalue weighted by Gasteiger charge is -2.09. The van der Waals surface area contributed by atoms with Gasteiger partial charge in [0.25, 0.3) is 0 Å². The molecule has 2 N–H and O–H groups in total. The molecule has 82 valence electrons. The SMILES string of the molecule is COCCCNC(=O)CC1CCCN1. The van der Waals surface area contributed by atoms with Crippen molar-refractivity contribution in [2.45, 2.75) is 31.7 Å². The second-order valence-corrected chi connectivity index (χ2v) is 3.69. The highest BCUT2D eigenvalue weighted by molar-refractivity contribution is 5.76. The third-order valence-electron chi connectivity index (χ3n) is 2.44. The van der Waals surface area contributed by atoms with Crippen LogP contribution in [-0.4, -0.2) is 38.8 Å². The first-order chi connectivity index (χ1) is 6.83. The molecule has 4 nitrogen and oxygen atoms in total. The average Bonchev–Trinajstić information content (AvgIpc) is 2.65. The number of rotatable bonds is 6. The highest BCUT2D eigenvalue weighted by atomic mass is 16.5. The molecule has 4 heteroatoms. The van der Waals surface area contributed by atoms with Crippen molar-refractivity contribution >= 4 is 5.91 Å². The summed E-state index contributed by atoms with van der Waals surface area (Å²) >= 11 is 0. The van der Waals surface area contributed by atoms with E-state index in [4.69, 9.17) is 4.74 Å². The molecule has 1 heterocycles. The molecule has 1 aliphatic heterocycles. The van der Waals surface area contributed by atoms with Gasteiger partial charge in [0, 0.05) is 32.7 Å².